The highest BCUT2D eigenvalue weighted by Gasteiger charge is 2.42. The average Bonchev–Trinajstić information content (AvgIpc) is 2.54. The number of amides is 2. The number of carbonyl (C=O) groups is 2. The fourth-order valence-corrected chi connectivity index (χ4v) is 1.65. The Balaban J connectivity index is 2.68. The van der Waals surface area contributed by atoms with Crippen molar-refractivity contribution in [2.75, 3.05) is 7.05 Å². The predicted molar refractivity (Wildman–Crippen MR) is 46.4 cm³/mol. The molecule has 0 bridgehead atoms. The van der Waals surface area contributed by atoms with Gasteiger partial charge in [0.15, 0.2) is 0 Å². The lowest BCUT2D eigenvalue weighted by molar-refractivity contribution is -0.144. The van der Waals surface area contributed by atoms with E-state index in [0.29, 0.717) is 12.8 Å². The van der Waals surface area contributed by atoms with E-state index in [1.807, 2.05) is 0 Å². The van der Waals surface area contributed by atoms with Crippen LogP contribution in [-0.4, -0.2) is 29.7 Å². The van der Waals surface area contributed by atoms with E-state index in [1.54, 1.807) is 0 Å². The Kier molecular flexibility index (Phi) is 2.75. The Bertz CT molecular complexity index is 221. The van der Waals surface area contributed by atoms with E-state index < -0.39 is 17.5 Å². The minimum absolute atomic E-state index is 0.427. The van der Waals surface area contributed by atoms with Crippen LogP contribution in [0.15, 0.2) is 0 Å². The van der Waals surface area contributed by atoms with Crippen LogP contribution in [0.5, 0.6) is 0 Å². The van der Waals surface area contributed by atoms with E-state index in [-0.39, 0.29) is 0 Å². The van der Waals surface area contributed by atoms with Crippen molar-refractivity contribution in [2.45, 2.75) is 31.2 Å². The molecule has 1 aliphatic rings. The number of nitrogens with one attached hydrogen (secondary N) is 2. The molecule has 0 saturated heterocycles. The van der Waals surface area contributed by atoms with Crippen LogP contribution in [0.2, 0.25) is 0 Å². The molecule has 74 valence electrons. The molecule has 0 aromatic carbocycles. The van der Waals surface area contributed by atoms with Gasteiger partial charge in [0.1, 0.15) is 5.54 Å². The van der Waals surface area contributed by atoms with Crippen LogP contribution >= 0.6 is 0 Å². The smallest absolute Gasteiger partial charge is 0.329 e. The first-order valence-electron chi connectivity index (χ1n) is 4.34. The SMILES string of the molecule is CNC(=O)NC1(C(=O)O)CCCC1. The van der Waals surface area contributed by atoms with Gasteiger partial charge in [-0.05, 0) is 12.8 Å². The van der Waals surface area contributed by atoms with Crippen LogP contribution < -0.4 is 10.6 Å². The Morgan fingerprint density at radius 2 is 1.85 bits per heavy atom. The molecular weight excluding hydrogens is 172 g/mol. The van der Waals surface area contributed by atoms with Gasteiger partial charge in [0, 0.05) is 7.05 Å². The molecule has 0 aromatic heterocycles. The van der Waals surface area contributed by atoms with Gasteiger partial charge in [0.2, 0.25) is 0 Å². The zero-order valence-electron chi connectivity index (χ0n) is 7.59. The van der Waals surface area contributed by atoms with Gasteiger partial charge in [0.25, 0.3) is 0 Å². The molecule has 0 aromatic rings. The van der Waals surface area contributed by atoms with Gasteiger partial charge in [-0.1, -0.05) is 12.8 Å². The van der Waals surface area contributed by atoms with Gasteiger partial charge >= 0.3 is 12.0 Å². The average molecular weight is 186 g/mol. The van der Waals surface area contributed by atoms with Crippen LogP contribution in [0, 0.1) is 0 Å². The summed E-state index contributed by atoms with van der Waals surface area (Å²) in [4.78, 5) is 21.9. The second-order valence-corrected chi connectivity index (χ2v) is 3.30. The van der Waals surface area contributed by atoms with Crippen molar-refractivity contribution in [3.05, 3.63) is 0 Å². The van der Waals surface area contributed by atoms with Crippen molar-refractivity contribution in [1.82, 2.24) is 10.6 Å². The van der Waals surface area contributed by atoms with Gasteiger partial charge in [-0.25, -0.2) is 9.59 Å². The lowest BCUT2D eigenvalue weighted by Gasteiger charge is -2.24. The fraction of sp³-hybridized carbons (Fsp3) is 0.750. The third-order valence-electron chi connectivity index (χ3n) is 2.45. The number of urea groups is 1. The Morgan fingerprint density at radius 1 is 1.31 bits per heavy atom. The Morgan fingerprint density at radius 3 is 2.23 bits per heavy atom. The van der Waals surface area contributed by atoms with Crippen molar-refractivity contribution in [3.63, 3.8) is 0 Å². The first-order valence-corrected chi connectivity index (χ1v) is 4.34. The maximum atomic E-state index is 11.0. The van der Waals surface area contributed by atoms with Crippen molar-refractivity contribution in [2.24, 2.45) is 0 Å². The summed E-state index contributed by atoms with van der Waals surface area (Å²) in [6.07, 6.45) is 2.76. The van der Waals surface area contributed by atoms with E-state index in [2.05, 4.69) is 10.6 Å². The molecule has 5 heteroatoms. The monoisotopic (exact) mass is 186 g/mol. The van der Waals surface area contributed by atoms with E-state index in [9.17, 15) is 9.59 Å². The van der Waals surface area contributed by atoms with Crippen molar-refractivity contribution in [3.8, 4) is 0 Å². The largest absolute Gasteiger partial charge is 0.480 e. The molecule has 1 aliphatic carbocycles. The summed E-state index contributed by atoms with van der Waals surface area (Å²) < 4.78 is 0. The molecule has 1 saturated carbocycles. The minimum atomic E-state index is -1.03. The standard InChI is InChI=1S/C8H14N2O3/c1-9-7(13)10-8(6(11)12)4-2-3-5-8/h2-5H2,1H3,(H,11,12)(H2,9,10,13). The molecule has 0 atom stereocenters. The highest BCUT2D eigenvalue weighted by molar-refractivity contribution is 5.86. The predicted octanol–water partition coefficient (Wildman–Crippen LogP) is 0.313. The molecule has 0 unspecified atom stereocenters. The van der Waals surface area contributed by atoms with Crippen LogP contribution in [0.1, 0.15) is 25.7 Å². The number of carboxylic acids is 1. The molecule has 0 heterocycles. The summed E-state index contributed by atoms with van der Waals surface area (Å²) in [7, 11) is 1.47. The van der Waals surface area contributed by atoms with Crippen LogP contribution in [0.25, 0.3) is 0 Å². The molecule has 5 nitrogen and oxygen atoms in total. The Labute approximate surface area is 76.5 Å². The Hall–Kier alpha value is -1.26. The number of hydrogen-bond acceptors (Lipinski definition) is 2. The summed E-state index contributed by atoms with van der Waals surface area (Å²) in [6, 6.07) is -0.427. The summed E-state index contributed by atoms with van der Waals surface area (Å²) in [5, 5.41) is 13.8. The highest BCUT2D eigenvalue weighted by atomic mass is 16.4. The number of carboxylic acid groups (broad SMARTS) is 1. The van der Waals surface area contributed by atoms with E-state index in [4.69, 9.17) is 5.11 Å². The first-order chi connectivity index (χ1) is 6.10. The van der Waals surface area contributed by atoms with E-state index in [1.165, 1.54) is 7.05 Å². The summed E-state index contributed by atoms with van der Waals surface area (Å²) in [5.41, 5.74) is -1.03. The van der Waals surface area contributed by atoms with Crippen molar-refractivity contribution in [1.29, 1.82) is 0 Å². The number of carbonyl (C=O) groups excluding carboxylic acids is 1. The molecule has 1 rings (SSSR count). The lowest BCUT2D eigenvalue weighted by Crippen LogP contribution is -2.54. The van der Waals surface area contributed by atoms with Gasteiger partial charge < -0.3 is 15.7 Å². The summed E-state index contributed by atoms with van der Waals surface area (Å²) in [5.74, 6) is -0.936. The van der Waals surface area contributed by atoms with Crippen molar-refractivity contribution < 1.29 is 14.7 Å². The lowest BCUT2D eigenvalue weighted by atomic mass is 9.98. The normalized spacial score (nSPS) is 19.5. The molecule has 2 amide bonds. The molecular formula is C8H14N2O3. The van der Waals surface area contributed by atoms with Crippen LogP contribution in [-0.2, 0) is 4.79 Å². The molecule has 0 spiro atoms. The maximum absolute atomic E-state index is 11.0. The summed E-state index contributed by atoms with van der Waals surface area (Å²) >= 11 is 0. The van der Waals surface area contributed by atoms with Crippen molar-refractivity contribution >= 4 is 12.0 Å². The second-order valence-electron chi connectivity index (χ2n) is 3.30. The molecule has 0 radical (unpaired) electrons. The van der Waals surface area contributed by atoms with Gasteiger partial charge in [0.05, 0.1) is 0 Å². The second kappa shape index (κ2) is 3.64. The van der Waals surface area contributed by atoms with Crippen LogP contribution in [0.3, 0.4) is 0 Å². The maximum Gasteiger partial charge on any atom is 0.329 e. The zero-order valence-corrected chi connectivity index (χ0v) is 7.59. The minimum Gasteiger partial charge on any atom is -0.480 e. The summed E-state index contributed by atoms with van der Waals surface area (Å²) in [6.45, 7) is 0. The third kappa shape index (κ3) is 1.91. The number of hydrogen-bond donors (Lipinski definition) is 3. The molecule has 13 heavy (non-hydrogen) atoms. The molecule has 1 fully saturated rings. The quantitative estimate of drug-likeness (QED) is 0.580. The van der Waals surface area contributed by atoms with Crippen LogP contribution in [0.4, 0.5) is 4.79 Å². The van der Waals surface area contributed by atoms with Gasteiger partial charge in [-0.2, -0.15) is 0 Å². The van der Waals surface area contributed by atoms with Gasteiger partial charge in [-0.15, -0.1) is 0 Å². The molecule has 0 aliphatic heterocycles. The van der Waals surface area contributed by atoms with E-state index >= 15 is 0 Å². The molecule has 3 N–H and O–H groups in total. The fourth-order valence-electron chi connectivity index (χ4n) is 1.65. The number of rotatable bonds is 2. The third-order valence-corrected chi connectivity index (χ3v) is 2.45. The highest BCUT2D eigenvalue weighted by Crippen LogP contribution is 2.29. The topological polar surface area (TPSA) is 78.4 Å². The number of aliphatic carboxylic acids is 1. The first kappa shape index (κ1) is 9.83. The zero-order chi connectivity index (χ0) is 9.90. The van der Waals surface area contributed by atoms with Gasteiger partial charge in [-0.3, -0.25) is 0 Å². The van der Waals surface area contributed by atoms with E-state index in [0.717, 1.165) is 12.8 Å².